The molecule has 24 heavy (non-hydrogen) atoms. The molecule has 0 amide bonds. The van der Waals surface area contributed by atoms with Gasteiger partial charge in [0.2, 0.25) is 5.88 Å². The van der Waals surface area contributed by atoms with Gasteiger partial charge in [0.25, 0.3) is 0 Å². The lowest BCUT2D eigenvalue weighted by atomic mass is 9.75. The molecule has 3 aromatic rings. The standard InChI is InChI=1S/C16H11F2N5O/c17-10-1-2-13(12(18)5-10)23-15-11(7-20-23)16(24)22-14(21-15)9-3-8(4-9)6-19/h1-2,5,7-9H,3-4H2,(H,21,22,24)/t8-,9-. The van der Waals surface area contributed by atoms with Gasteiger partial charge in [0.05, 0.1) is 12.3 Å². The van der Waals surface area contributed by atoms with Crippen molar-refractivity contribution in [2.75, 3.05) is 0 Å². The summed E-state index contributed by atoms with van der Waals surface area (Å²) in [6.45, 7) is 0. The van der Waals surface area contributed by atoms with Crippen LogP contribution in [0.1, 0.15) is 24.6 Å². The van der Waals surface area contributed by atoms with Gasteiger partial charge in [0.1, 0.15) is 22.7 Å². The SMILES string of the molecule is N#C[C@H]1C[C@H](c2nc(O)c3cnn(-c4ccc(F)cc4F)c3n2)C1. The molecule has 0 unspecified atom stereocenters. The van der Waals surface area contributed by atoms with Crippen LogP contribution in [0.15, 0.2) is 24.4 Å². The topological polar surface area (TPSA) is 87.6 Å². The number of fused-ring (bicyclic) bond motifs is 1. The summed E-state index contributed by atoms with van der Waals surface area (Å²) in [4.78, 5) is 8.45. The van der Waals surface area contributed by atoms with Gasteiger partial charge >= 0.3 is 0 Å². The number of aromatic nitrogens is 4. The molecule has 1 aliphatic carbocycles. The Bertz CT molecular complexity index is 988. The molecule has 1 N–H and O–H groups in total. The number of nitrogens with zero attached hydrogens (tertiary/aromatic N) is 5. The third kappa shape index (κ3) is 2.17. The molecule has 1 aliphatic rings. The van der Waals surface area contributed by atoms with E-state index in [1.54, 1.807) is 0 Å². The molecule has 4 rings (SSSR count). The highest BCUT2D eigenvalue weighted by Gasteiger charge is 2.33. The van der Waals surface area contributed by atoms with Gasteiger partial charge in [-0.1, -0.05) is 0 Å². The van der Waals surface area contributed by atoms with Crippen molar-refractivity contribution < 1.29 is 13.9 Å². The van der Waals surface area contributed by atoms with Crippen LogP contribution in [0.4, 0.5) is 8.78 Å². The minimum Gasteiger partial charge on any atom is -0.493 e. The molecule has 1 fully saturated rings. The fourth-order valence-corrected chi connectivity index (χ4v) is 2.86. The zero-order valence-electron chi connectivity index (χ0n) is 12.3. The van der Waals surface area contributed by atoms with E-state index >= 15 is 0 Å². The van der Waals surface area contributed by atoms with Crippen LogP contribution in [0.25, 0.3) is 16.7 Å². The first kappa shape index (κ1) is 14.5. The Hall–Kier alpha value is -3.08. The van der Waals surface area contributed by atoms with E-state index in [-0.39, 0.29) is 34.4 Å². The van der Waals surface area contributed by atoms with E-state index in [0.29, 0.717) is 18.7 Å². The van der Waals surface area contributed by atoms with E-state index in [0.717, 1.165) is 12.1 Å². The van der Waals surface area contributed by atoms with E-state index in [1.165, 1.54) is 16.9 Å². The highest BCUT2D eigenvalue weighted by molar-refractivity contribution is 5.81. The summed E-state index contributed by atoms with van der Waals surface area (Å²) in [6.07, 6.45) is 2.58. The second-order valence-corrected chi connectivity index (χ2v) is 5.79. The fraction of sp³-hybridized carbons (Fsp3) is 0.250. The molecule has 6 nitrogen and oxygen atoms in total. The van der Waals surface area contributed by atoms with Gasteiger partial charge in [-0.15, -0.1) is 0 Å². The maximum Gasteiger partial charge on any atom is 0.225 e. The molecular weight excluding hydrogens is 316 g/mol. The van der Waals surface area contributed by atoms with Crippen LogP contribution in [0, 0.1) is 28.9 Å². The second kappa shape index (κ2) is 5.23. The monoisotopic (exact) mass is 327 g/mol. The van der Waals surface area contributed by atoms with Crippen molar-refractivity contribution in [2.45, 2.75) is 18.8 Å². The van der Waals surface area contributed by atoms with Gasteiger partial charge in [0.15, 0.2) is 11.5 Å². The number of aromatic hydroxyl groups is 1. The largest absolute Gasteiger partial charge is 0.493 e. The Morgan fingerprint density at radius 1 is 1.25 bits per heavy atom. The lowest BCUT2D eigenvalue weighted by Gasteiger charge is -2.29. The van der Waals surface area contributed by atoms with E-state index in [2.05, 4.69) is 21.1 Å². The van der Waals surface area contributed by atoms with E-state index in [9.17, 15) is 13.9 Å². The number of hydrogen-bond acceptors (Lipinski definition) is 5. The van der Waals surface area contributed by atoms with E-state index in [1.807, 2.05) is 0 Å². The highest BCUT2D eigenvalue weighted by Crippen LogP contribution is 2.40. The minimum atomic E-state index is -0.784. The van der Waals surface area contributed by atoms with Gasteiger partial charge in [-0.25, -0.2) is 18.4 Å². The first-order valence-electron chi connectivity index (χ1n) is 7.36. The second-order valence-electron chi connectivity index (χ2n) is 5.79. The zero-order chi connectivity index (χ0) is 16.8. The Morgan fingerprint density at radius 3 is 2.75 bits per heavy atom. The van der Waals surface area contributed by atoms with E-state index < -0.39 is 11.6 Å². The lowest BCUT2D eigenvalue weighted by Crippen LogP contribution is -2.22. The van der Waals surface area contributed by atoms with Crippen LogP contribution >= 0.6 is 0 Å². The van der Waals surface area contributed by atoms with Crippen molar-refractivity contribution in [1.29, 1.82) is 5.26 Å². The highest BCUT2D eigenvalue weighted by atomic mass is 19.1. The van der Waals surface area contributed by atoms with Crippen LogP contribution in [-0.4, -0.2) is 24.9 Å². The molecule has 0 atom stereocenters. The summed E-state index contributed by atoms with van der Waals surface area (Å²) < 4.78 is 28.3. The molecule has 8 heteroatoms. The molecular formula is C16H11F2N5O. The predicted octanol–water partition coefficient (Wildman–Crippen LogP) is 2.82. The van der Waals surface area contributed by atoms with Gasteiger partial charge < -0.3 is 5.11 Å². The number of hydrogen-bond donors (Lipinski definition) is 1. The van der Waals surface area contributed by atoms with Crippen molar-refractivity contribution in [3.8, 4) is 17.6 Å². The third-order valence-corrected chi connectivity index (χ3v) is 4.25. The Morgan fingerprint density at radius 2 is 2.04 bits per heavy atom. The van der Waals surface area contributed by atoms with Crippen molar-refractivity contribution in [3.05, 3.63) is 41.9 Å². The number of nitriles is 1. The molecule has 0 saturated heterocycles. The average Bonchev–Trinajstić information content (AvgIpc) is 2.91. The first-order valence-corrected chi connectivity index (χ1v) is 7.36. The van der Waals surface area contributed by atoms with Crippen molar-refractivity contribution in [2.24, 2.45) is 5.92 Å². The average molecular weight is 327 g/mol. The van der Waals surface area contributed by atoms with Gasteiger partial charge in [-0.05, 0) is 25.0 Å². The molecule has 1 saturated carbocycles. The number of rotatable bonds is 2. The quantitative estimate of drug-likeness (QED) is 0.782. The van der Waals surface area contributed by atoms with Crippen molar-refractivity contribution in [1.82, 2.24) is 19.7 Å². The van der Waals surface area contributed by atoms with Crippen LogP contribution in [-0.2, 0) is 0 Å². The normalized spacial score (nSPS) is 19.9. The number of halogens is 2. The molecule has 120 valence electrons. The maximum atomic E-state index is 14.0. The lowest BCUT2D eigenvalue weighted by molar-refractivity contribution is 0.315. The molecule has 0 bridgehead atoms. The third-order valence-electron chi connectivity index (χ3n) is 4.25. The summed E-state index contributed by atoms with van der Waals surface area (Å²) in [5.74, 6) is -1.38. The molecule has 2 heterocycles. The fourth-order valence-electron chi connectivity index (χ4n) is 2.86. The van der Waals surface area contributed by atoms with Crippen LogP contribution in [0.2, 0.25) is 0 Å². The summed E-state index contributed by atoms with van der Waals surface area (Å²) in [5, 5.41) is 23.3. The number of benzene rings is 1. The summed E-state index contributed by atoms with van der Waals surface area (Å²) in [5.41, 5.74) is 0.266. The minimum absolute atomic E-state index is 0.0219. The van der Waals surface area contributed by atoms with Crippen LogP contribution in [0.5, 0.6) is 5.88 Å². The molecule has 2 aromatic heterocycles. The Kier molecular flexibility index (Phi) is 3.16. The Balaban J connectivity index is 1.83. The van der Waals surface area contributed by atoms with Gasteiger partial charge in [-0.3, -0.25) is 0 Å². The summed E-state index contributed by atoms with van der Waals surface area (Å²) in [7, 11) is 0. The summed E-state index contributed by atoms with van der Waals surface area (Å²) >= 11 is 0. The van der Waals surface area contributed by atoms with Crippen LogP contribution in [0.3, 0.4) is 0 Å². The Labute approximate surface area is 135 Å². The first-order chi connectivity index (χ1) is 11.6. The van der Waals surface area contributed by atoms with Crippen molar-refractivity contribution >= 4 is 11.0 Å². The van der Waals surface area contributed by atoms with Crippen molar-refractivity contribution in [3.63, 3.8) is 0 Å². The van der Waals surface area contributed by atoms with Gasteiger partial charge in [0, 0.05) is 17.9 Å². The summed E-state index contributed by atoms with van der Waals surface area (Å²) in [6, 6.07) is 5.31. The maximum absolute atomic E-state index is 14.0. The van der Waals surface area contributed by atoms with Crippen LogP contribution < -0.4 is 0 Å². The molecule has 0 radical (unpaired) electrons. The molecule has 0 aliphatic heterocycles. The zero-order valence-corrected chi connectivity index (χ0v) is 12.3. The molecule has 1 aromatic carbocycles. The molecule has 0 spiro atoms. The predicted molar refractivity (Wildman–Crippen MR) is 79.3 cm³/mol. The van der Waals surface area contributed by atoms with Gasteiger partial charge in [-0.2, -0.15) is 15.3 Å². The smallest absolute Gasteiger partial charge is 0.225 e. The van der Waals surface area contributed by atoms with E-state index in [4.69, 9.17) is 5.26 Å².